The lowest BCUT2D eigenvalue weighted by atomic mass is 10.2. The fraction of sp³-hybridized carbons (Fsp3) is 0.0769. The lowest BCUT2D eigenvalue weighted by Gasteiger charge is -2.08. The molecular weight excluding hydrogens is 302 g/mol. The molecular formula is C13H10ClNO4S. The van der Waals surface area contributed by atoms with Gasteiger partial charge in [0.2, 0.25) is 0 Å². The van der Waals surface area contributed by atoms with Crippen LogP contribution in [0.5, 0.6) is 5.75 Å². The van der Waals surface area contributed by atoms with Gasteiger partial charge in [-0.2, -0.15) is 0 Å². The number of rotatable bonds is 4. The van der Waals surface area contributed by atoms with E-state index >= 15 is 0 Å². The quantitative estimate of drug-likeness (QED) is 0.907. The minimum absolute atomic E-state index is 0.0571. The Morgan fingerprint density at radius 3 is 2.70 bits per heavy atom. The molecule has 0 saturated carbocycles. The molecule has 1 heterocycles. The monoisotopic (exact) mass is 311 g/mol. The number of ether oxygens (including phenoxy) is 1. The van der Waals surface area contributed by atoms with Gasteiger partial charge in [0.05, 0.1) is 23.4 Å². The van der Waals surface area contributed by atoms with Gasteiger partial charge in [0.15, 0.2) is 0 Å². The Balaban J connectivity index is 2.22. The van der Waals surface area contributed by atoms with Gasteiger partial charge in [0, 0.05) is 0 Å². The molecule has 20 heavy (non-hydrogen) atoms. The Bertz CT molecular complexity index is 668. The van der Waals surface area contributed by atoms with Crippen LogP contribution in [-0.2, 0) is 0 Å². The summed E-state index contributed by atoms with van der Waals surface area (Å²) in [4.78, 5) is 23.3. The summed E-state index contributed by atoms with van der Waals surface area (Å²) in [5, 5.41) is 13.4. The highest BCUT2D eigenvalue weighted by Gasteiger charge is 2.16. The molecule has 7 heteroatoms. The molecule has 2 aromatic rings. The molecule has 0 bridgehead atoms. The predicted molar refractivity (Wildman–Crippen MR) is 77.2 cm³/mol. The molecule has 0 unspecified atom stereocenters. The lowest BCUT2D eigenvalue weighted by Crippen LogP contribution is -2.12. The van der Waals surface area contributed by atoms with Crippen LogP contribution in [0.1, 0.15) is 20.0 Å². The van der Waals surface area contributed by atoms with Gasteiger partial charge in [-0.3, -0.25) is 4.79 Å². The van der Waals surface area contributed by atoms with Crippen molar-refractivity contribution in [3.05, 3.63) is 45.1 Å². The molecule has 104 valence electrons. The number of carboxylic acid groups (broad SMARTS) is 1. The van der Waals surface area contributed by atoms with Gasteiger partial charge in [-0.15, -0.1) is 11.3 Å². The van der Waals surface area contributed by atoms with Gasteiger partial charge in [0.25, 0.3) is 5.91 Å². The van der Waals surface area contributed by atoms with Gasteiger partial charge in [-0.25, -0.2) is 4.79 Å². The molecule has 0 aliphatic rings. The number of thiophene rings is 1. The molecule has 2 rings (SSSR count). The van der Waals surface area contributed by atoms with E-state index in [4.69, 9.17) is 21.4 Å². The minimum Gasteiger partial charge on any atom is -0.495 e. The van der Waals surface area contributed by atoms with Crippen LogP contribution in [0.3, 0.4) is 0 Å². The maximum atomic E-state index is 12.1. The van der Waals surface area contributed by atoms with E-state index < -0.39 is 5.97 Å². The third-order valence-corrected chi connectivity index (χ3v) is 3.73. The SMILES string of the molecule is COc1ccsc1C(=O)Nc1ccc(C(=O)O)cc1Cl. The fourth-order valence-corrected chi connectivity index (χ4v) is 2.53. The highest BCUT2D eigenvalue weighted by Crippen LogP contribution is 2.28. The van der Waals surface area contributed by atoms with Crippen molar-refractivity contribution in [3.63, 3.8) is 0 Å². The average Bonchev–Trinajstić information content (AvgIpc) is 2.89. The Labute approximate surface area is 123 Å². The highest BCUT2D eigenvalue weighted by atomic mass is 35.5. The molecule has 1 amide bonds. The number of hydrogen-bond donors (Lipinski definition) is 2. The van der Waals surface area contributed by atoms with Crippen molar-refractivity contribution in [2.24, 2.45) is 0 Å². The number of carboxylic acids is 1. The van der Waals surface area contributed by atoms with Crippen molar-refractivity contribution >= 4 is 40.5 Å². The van der Waals surface area contributed by atoms with E-state index in [1.807, 2.05) is 0 Å². The standard InChI is InChI=1S/C13H10ClNO4S/c1-19-10-4-5-20-11(10)12(16)15-9-3-2-7(13(17)18)6-8(9)14/h2-6H,1H3,(H,15,16)(H,17,18). The smallest absolute Gasteiger partial charge is 0.335 e. The number of hydrogen-bond acceptors (Lipinski definition) is 4. The minimum atomic E-state index is -1.08. The first-order valence-corrected chi connectivity index (χ1v) is 6.74. The van der Waals surface area contributed by atoms with Crippen LogP contribution in [0.25, 0.3) is 0 Å². The Hall–Kier alpha value is -2.05. The van der Waals surface area contributed by atoms with Gasteiger partial charge in [0.1, 0.15) is 10.6 Å². The molecule has 0 atom stereocenters. The summed E-state index contributed by atoms with van der Waals surface area (Å²) in [5.41, 5.74) is 0.402. The van der Waals surface area contributed by atoms with Crippen molar-refractivity contribution in [1.82, 2.24) is 0 Å². The number of aromatic carboxylic acids is 1. The van der Waals surface area contributed by atoms with E-state index in [9.17, 15) is 9.59 Å². The number of carbonyl (C=O) groups excluding carboxylic acids is 1. The zero-order chi connectivity index (χ0) is 14.7. The van der Waals surface area contributed by atoms with Gasteiger partial charge >= 0.3 is 5.97 Å². The van der Waals surface area contributed by atoms with Gasteiger partial charge < -0.3 is 15.2 Å². The number of amides is 1. The molecule has 0 spiro atoms. The maximum Gasteiger partial charge on any atom is 0.335 e. The third kappa shape index (κ3) is 2.92. The lowest BCUT2D eigenvalue weighted by molar-refractivity contribution is 0.0696. The highest BCUT2D eigenvalue weighted by molar-refractivity contribution is 7.12. The summed E-state index contributed by atoms with van der Waals surface area (Å²) in [6.45, 7) is 0. The molecule has 0 radical (unpaired) electrons. The zero-order valence-corrected chi connectivity index (χ0v) is 11.9. The van der Waals surface area contributed by atoms with Crippen LogP contribution >= 0.6 is 22.9 Å². The maximum absolute atomic E-state index is 12.1. The molecule has 5 nitrogen and oxygen atoms in total. The average molecular weight is 312 g/mol. The van der Waals surface area contributed by atoms with Crippen LogP contribution < -0.4 is 10.1 Å². The zero-order valence-electron chi connectivity index (χ0n) is 10.3. The second-order valence-electron chi connectivity index (χ2n) is 3.77. The summed E-state index contributed by atoms with van der Waals surface area (Å²) in [6.07, 6.45) is 0. The Morgan fingerprint density at radius 2 is 2.10 bits per heavy atom. The van der Waals surface area contributed by atoms with Crippen molar-refractivity contribution in [1.29, 1.82) is 0 Å². The van der Waals surface area contributed by atoms with Crippen molar-refractivity contribution in [3.8, 4) is 5.75 Å². The normalized spacial score (nSPS) is 10.1. The largest absolute Gasteiger partial charge is 0.495 e. The second-order valence-corrected chi connectivity index (χ2v) is 5.10. The van der Waals surface area contributed by atoms with E-state index in [1.165, 1.54) is 36.6 Å². The first kappa shape index (κ1) is 14.4. The third-order valence-electron chi connectivity index (χ3n) is 2.52. The topological polar surface area (TPSA) is 75.6 Å². The molecule has 0 saturated heterocycles. The second kappa shape index (κ2) is 5.94. The van der Waals surface area contributed by atoms with Gasteiger partial charge in [-0.05, 0) is 29.6 Å². The molecule has 1 aromatic heterocycles. The number of nitrogens with one attached hydrogen (secondary N) is 1. The first-order valence-electron chi connectivity index (χ1n) is 5.48. The van der Waals surface area contributed by atoms with E-state index in [2.05, 4.69) is 5.32 Å². The number of benzene rings is 1. The summed E-state index contributed by atoms with van der Waals surface area (Å²) in [6, 6.07) is 5.79. The fourth-order valence-electron chi connectivity index (χ4n) is 1.55. The summed E-state index contributed by atoms with van der Waals surface area (Å²) >= 11 is 7.19. The number of methoxy groups -OCH3 is 1. The first-order chi connectivity index (χ1) is 9.52. The summed E-state index contributed by atoms with van der Waals surface area (Å²) in [7, 11) is 1.48. The Morgan fingerprint density at radius 1 is 1.35 bits per heavy atom. The van der Waals surface area contributed by atoms with E-state index in [-0.39, 0.29) is 16.5 Å². The molecule has 0 fully saturated rings. The van der Waals surface area contributed by atoms with E-state index in [0.29, 0.717) is 16.3 Å². The van der Waals surface area contributed by atoms with Crippen molar-refractivity contribution in [2.45, 2.75) is 0 Å². The molecule has 0 aliphatic carbocycles. The van der Waals surface area contributed by atoms with Gasteiger partial charge in [-0.1, -0.05) is 11.6 Å². The van der Waals surface area contributed by atoms with Crippen LogP contribution in [0.15, 0.2) is 29.6 Å². The van der Waals surface area contributed by atoms with Crippen molar-refractivity contribution in [2.75, 3.05) is 12.4 Å². The number of halogens is 1. The van der Waals surface area contributed by atoms with E-state index in [1.54, 1.807) is 11.4 Å². The van der Waals surface area contributed by atoms with Crippen LogP contribution in [0, 0.1) is 0 Å². The number of anilines is 1. The van der Waals surface area contributed by atoms with Crippen LogP contribution in [-0.4, -0.2) is 24.1 Å². The summed E-state index contributed by atoms with van der Waals surface area (Å²) < 4.78 is 5.06. The Kier molecular flexibility index (Phi) is 4.26. The molecule has 2 N–H and O–H groups in total. The van der Waals surface area contributed by atoms with Crippen LogP contribution in [0.4, 0.5) is 5.69 Å². The molecule has 0 aliphatic heterocycles. The van der Waals surface area contributed by atoms with Crippen molar-refractivity contribution < 1.29 is 19.4 Å². The van der Waals surface area contributed by atoms with E-state index in [0.717, 1.165) is 0 Å². The van der Waals surface area contributed by atoms with Crippen LogP contribution in [0.2, 0.25) is 5.02 Å². The number of carbonyl (C=O) groups is 2. The molecule has 1 aromatic carbocycles. The summed E-state index contributed by atoms with van der Waals surface area (Å²) in [5.74, 6) is -0.961. The predicted octanol–water partition coefficient (Wildman–Crippen LogP) is 3.36.